The van der Waals surface area contributed by atoms with Gasteiger partial charge in [-0.2, -0.15) is 0 Å². The fraction of sp³-hybridized carbons (Fsp3) is 0.222. The van der Waals surface area contributed by atoms with Crippen molar-refractivity contribution < 1.29 is 9.59 Å². The molecule has 0 aliphatic carbocycles. The summed E-state index contributed by atoms with van der Waals surface area (Å²) in [4.78, 5) is 33.0. The fourth-order valence-electron chi connectivity index (χ4n) is 5.00. The number of primary amides is 1. The fourth-order valence-corrected chi connectivity index (χ4v) is 5.86. The standard InChI is InChI=1S/C27H26N4O2S/c1-30-23-15-8-7-14-22(23)29-26(30)34-18-24(32)31-17-9-16-27(31,25(28)33)21-13-6-5-12-20(21)19-10-3-2-4-11-19/h2-8,10-15H,9,16-18H2,1H3,(H2,28,33)/t27-/m1/s1. The van der Waals surface area contributed by atoms with Crippen molar-refractivity contribution in [2.75, 3.05) is 12.3 Å². The van der Waals surface area contributed by atoms with Crippen molar-refractivity contribution in [2.45, 2.75) is 23.5 Å². The number of nitrogens with two attached hydrogens (primary N) is 1. The Bertz CT molecular complexity index is 1370. The predicted molar refractivity (Wildman–Crippen MR) is 135 cm³/mol. The topological polar surface area (TPSA) is 81.2 Å². The van der Waals surface area contributed by atoms with E-state index in [4.69, 9.17) is 5.73 Å². The zero-order valence-electron chi connectivity index (χ0n) is 19.0. The van der Waals surface area contributed by atoms with Gasteiger partial charge in [0.15, 0.2) is 5.16 Å². The molecule has 1 atom stereocenters. The van der Waals surface area contributed by atoms with Crippen molar-refractivity contribution in [3.63, 3.8) is 0 Å². The van der Waals surface area contributed by atoms with Gasteiger partial charge in [-0.1, -0.05) is 78.5 Å². The van der Waals surface area contributed by atoms with Gasteiger partial charge in [-0.3, -0.25) is 9.59 Å². The lowest BCUT2D eigenvalue weighted by atomic mass is 9.81. The molecule has 0 radical (unpaired) electrons. The Hall–Kier alpha value is -3.58. The summed E-state index contributed by atoms with van der Waals surface area (Å²) in [7, 11) is 1.95. The molecular weight excluding hydrogens is 444 g/mol. The lowest BCUT2D eigenvalue weighted by Crippen LogP contribution is -2.54. The first kappa shape index (κ1) is 22.2. The number of thioether (sulfide) groups is 1. The molecular formula is C27H26N4O2S. The number of para-hydroxylation sites is 2. The van der Waals surface area contributed by atoms with E-state index in [0.29, 0.717) is 13.0 Å². The van der Waals surface area contributed by atoms with Gasteiger partial charge in [0, 0.05) is 13.6 Å². The number of hydrogen-bond acceptors (Lipinski definition) is 4. The van der Waals surface area contributed by atoms with Gasteiger partial charge in [0.05, 0.1) is 16.8 Å². The van der Waals surface area contributed by atoms with E-state index in [0.717, 1.165) is 39.3 Å². The summed E-state index contributed by atoms with van der Waals surface area (Å²) in [6, 6.07) is 25.6. The van der Waals surface area contributed by atoms with E-state index in [1.54, 1.807) is 4.90 Å². The summed E-state index contributed by atoms with van der Waals surface area (Å²) >= 11 is 1.38. The van der Waals surface area contributed by atoms with Gasteiger partial charge < -0.3 is 15.2 Å². The molecule has 2 N–H and O–H groups in total. The van der Waals surface area contributed by atoms with E-state index < -0.39 is 11.4 Å². The number of aromatic nitrogens is 2. The second kappa shape index (κ2) is 8.99. The Balaban J connectivity index is 1.48. The zero-order chi connectivity index (χ0) is 23.7. The predicted octanol–water partition coefficient (Wildman–Crippen LogP) is 4.34. The molecule has 2 heterocycles. The highest BCUT2D eigenvalue weighted by molar-refractivity contribution is 7.99. The SMILES string of the molecule is Cn1c(SCC(=O)N2CCC[C@]2(C(N)=O)c2ccccc2-c2ccccc2)nc2ccccc21. The first-order valence-corrected chi connectivity index (χ1v) is 12.3. The van der Waals surface area contributed by atoms with Crippen molar-refractivity contribution in [1.82, 2.24) is 14.5 Å². The molecule has 5 rings (SSSR count). The summed E-state index contributed by atoms with van der Waals surface area (Å²) in [5.41, 5.74) is 9.50. The van der Waals surface area contributed by atoms with Gasteiger partial charge in [-0.15, -0.1) is 0 Å². The number of imidazole rings is 1. The van der Waals surface area contributed by atoms with Gasteiger partial charge in [-0.05, 0) is 41.7 Å². The van der Waals surface area contributed by atoms with Crippen LogP contribution in [0.4, 0.5) is 0 Å². The van der Waals surface area contributed by atoms with Crippen LogP contribution in [0, 0.1) is 0 Å². The number of rotatable bonds is 6. The molecule has 1 fully saturated rings. The third-order valence-corrected chi connectivity index (χ3v) is 7.63. The molecule has 1 aromatic heterocycles. The van der Waals surface area contributed by atoms with Crippen LogP contribution < -0.4 is 5.73 Å². The molecule has 6 nitrogen and oxygen atoms in total. The summed E-state index contributed by atoms with van der Waals surface area (Å²) < 4.78 is 1.99. The molecule has 3 aromatic carbocycles. The second-order valence-corrected chi connectivity index (χ2v) is 9.46. The average molecular weight is 471 g/mol. The number of hydrogen-bond donors (Lipinski definition) is 1. The molecule has 0 unspecified atom stereocenters. The third kappa shape index (κ3) is 3.66. The van der Waals surface area contributed by atoms with E-state index in [9.17, 15) is 9.59 Å². The van der Waals surface area contributed by atoms with E-state index in [1.165, 1.54) is 11.8 Å². The highest BCUT2D eigenvalue weighted by Crippen LogP contribution is 2.43. The highest BCUT2D eigenvalue weighted by atomic mass is 32.2. The Morgan fingerprint density at radius 3 is 2.47 bits per heavy atom. The number of likely N-dealkylation sites (tertiary alicyclic amines) is 1. The molecule has 4 aromatic rings. The van der Waals surface area contributed by atoms with Crippen LogP contribution in [0.2, 0.25) is 0 Å². The largest absolute Gasteiger partial charge is 0.367 e. The van der Waals surface area contributed by atoms with Crippen LogP contribution in [-0.4, -0.2) is 38.6 Å². The number of fused-ring (bicyclic) bond motifs is 1. The highest BCUT2D eigenvalue weighted by Gasteiger charge is 2.50. The lowest BCUT2D eigenvalue weighted by Gasteiger charge is -2.37. The normalized spacial score (nSPS) is 17.9. The van der Waals surface area contributed by atoms with Crippen molar-refractivity contribution in [2.24, 2.45) is 12.8 Å². The van der Waals surface area contributed by atoms with Gasteiger partial charge >= 0.3 is 0 Å². The summed E-state index contributed by atoms with van der Waals surface area (Å²) in [5.74, 6) is -0.426. The molecule has 0 spiro atoms. The maximum atomic E-state index is 13.5. The van der Waals surface area contributed by atoms with Crippen LogP contribution in [0.25, 0.3) is 22.2 Å². The van der Waals surface area contributed by atoms with Crippen LogP contribution in [0.1, 0.15) is 18.4 Å². The van der Waals surface area contributed by atoms with Crippen LogP contribution in [0.3, 0.4) is 0 Å². The van der Waals surface area contributed by atoms with Crippen molar-refractivity contribution in [3.05, 3.63) is 84.4 Å². The number of amides is 2. The number of aryl methyl sites for hydroxylation is 1. The molecule has 0 bridgehead atoms. The number of carbonyl (C=O) groups excluding carboxylic acids is 2. The summed E-state index contributed by atoms with van der Waals surface area (Å²) in [6.45, 7) is 0.494. The average Bonchev–Trinajstić information content (AvgIpc) is 3.46. The first-order valence-electron chi connectivity index (χ1n) is 11.3. The van der Waals surface area contributed by atoms with Crippen molar-refractivity contribution in [1.29, 1.82) is 0 Å². The Morgan fingerprint density at radius 2 is 1.71 bits per heavy atom. The third-order valence-electron chi connectivity index (χ3n) is 6.62. The van der Waals surface area contributed by atoms with Crippen LogP contribution in [-0.2, 0) is 22.2 Å². The molecule has 1 saturated heterocycles. The molecule has 7 heteroatoms. The molecule has 1 aliphatic rings. The van der Waals surface area contributed by atoms with E-state index >= 15 is 0 Å². The van der Waals surface area contributed by atoms with Gasteiger partial charge in [0.1, 0.15) is 5.54 Å². The number of carbonyl (C=O) groups is 2. The lowest BCUT2D eigenvalue weighted by molar-refractivity contribution is -0.142. The maximum Gasteiger partial charge on any atom is 0.248 e. The van der Waals surface area contributed by atoms with E-state index in [-0.39, 0.29) is 11.7 Å². The molecule has 172 valence electrons. The van der Waals surface area contributed by atoms with Gasteiger partial charge in [0.25, 0.3) is 0 Å². The van der Waals surface area contributed by atoms with Gasteiger partial charge in [0.2, 0.25) is 11.8 Å². The number of benzene rings is 3. The molecule has 34 heavy (non-hydrogen) atoms. The van der Waals surface area contributed by atoms with Crippen molar-refractivity contribution >= 4 is 34.6 Å². The minimum atomic E-state index is -1.17. The minimum Gasteiger partial charge on any atom is -0.367 e. The Morgan fingerprint density at radius 1 is 1.00 bits per heavy atom. The van der Waals surface area contributed by atoms with E-state index in [1.807, 2.05) is 90.5 Å². The Kier molecular flexibility index (Phi) is 5.87. The van der Waals surface area contributed by atoms with Crippen LogP contribution >= 0.6 is 11.8 Å². The molecule has 1 aliphatic heterocycles. The number of nitrogens with zero attached hydrogens (tertiary/aromatic N) is 3. The second-order valence-electron chi connectivity index (χ2n) is 8.52. The quantitative estimate of drug-likeness (QED) is 0.425. The maximum absolute atomic E-state index is 13.5. The minimum absolute atomic E-state index is 0.115. The smallest absolute Gasteiger partial charge is 0.248 e. The summed E-state index contributed by atoms with van der Waals surface area (Å²) in [5, 5.41) is 0.767. The Labute approximate surface area is 202 Å². The zero-order valence-corrected chi connectivity index (χ0v) is 19.8. The van der Waals surface area contributed by atoms with Crippen LogP contribution in [0.15, 0.2) is 84.0 Å². The molecule has 2 amide bonds. The monoisotopic (exact) mass is 470 g/mol. The summed E-state index contributed by atoms with van der Waals surface area (Å²) in [6.07, 6.45) is 1.23. The van der Waals surface area contributed by atoms with Gasteiger partial charge in [-0.25, -0.2) is 4.98 Å². The van der Waals surface area contributed by atoms with Crippen molar-refractivity contribution in [3.8, 4) is 11.1 Å². The molecule has 0 saturated carbocycles. The van der Waals surface area contributed by atoms with Crippen LogP contribution in [0.5, 0.6) is 0 Å². The first-order chi connectivity index (χ1) is 16.5. The van der Waals surface area contributed by atoms with E-state index in [2.05, 4.69) is 4.98 Å².